The number of aryl methyl sites for hydroxylation is 2. The molecule has 230 valence electrons. The van der Waals surface area contributed by atoms with E-state index in [2.05, 4.69) is 4.98 Å². The maximum absolute atomic E-state index is 13.9. The lowest BCUT2D eigenvalue weighted by Gasteiger charge is -2.56. The lowest BCUT2D eigenvalue weighted by molar-refractivity contribution is -0.0917. The number of nitrogens with one attached hydrogen (secondary N) is 1. The maximum Gasteiger partial charge on any atom is 0.330 e. The topological polar surface area (TPSA) is 139 Å². The van der Waals surface area contributed by atoms with Gasteiger partial charge in [-0.2, -0.15) is 0 Å². The first-order chi connectivity index (χ1) is 21.0. The van der Waals surface area contributed by atoms with Gasteiger partial charge in [0.2, 0.25) is 0 Å². The second-order valence-corrected chi connectivity index (χ2v) is 13.9. The minimum absolute atomic E-state index is 0.186. The fourth-order valence-corrected chi connectivity index (χ4v) is 8.93. The standard InChI is InChI=1S/C35H38N2O7/c1-19-3-7-24(8-4-19)28(38)29(39)31-35(43,30(40)25-9-5-20(2)6-10-25)17-27(44-31)37-18-26(32(41)36-33(37)42)34-14-21-11-22(15-34)13-23(12-21)16-34/h3-10,18,21-23,27,29,31,39,43H,11-17H2,1-2H3,(H,36,41,42)/t21?,22?,23?,27-,29?,31-,34?,35-/m1/s1. The summed E-state index contributed by atoms with van der Waals surface area (Å²) in [6.07, 6.45) is 2.62. The van der Waals surface area contributed by atoms with Gasteiger partial charge in [-0.05, 0) is 70.1 Å². The molecule has 5 aliphatic rings. The molecule has 3 aromatic rings. The van der Waals surface area contributed by atoms with Gasteiger partial charge in [-0.15, -0.1) is 0 Å². The normalized spacial score (nSPS) is 33.0. The molecule has 4 atom stereocenters. The van der Waals surface area contributed by atoms with E-state index >= 15 is 0 Å². The molecule has 8 rings (SSSR count). The average molecular weight is 599 g/mol. The smallest absolute Gasteiger partial charge is 0.330 e. The quantitative estimate of drug-likeness (QED) is 0.352. The summed E-state index contributed by atoms with van der Waals surface area (Å²) in [7, 11) is 0. The van der Waals surface area contributed by atoms with Crippen LogP contribution in [0.25, 0.3) is 0 Å². The highest BCUT2D eigenvalue weighted by Gasteiger charge is 2.58. The number of ketones is 2. The summed E-state index contributed by atoms with van der Waals surface area (Å²) in [6, 6.07) is 13.2. The van der Waals surface area contributed by atoms with Gasteiger partial charge in [-0.25, -0.2) is 4.79 Å². The van der Waals surface area contributed by atoms with E-state index in [1.54, 1.807) is 54.7 Å². The highest BCUT2D eigenvalue weighted by atomic mass is 16.6. The van der Waals surface area contributed by atoms with E-state index in [-0.39, 0.29) is 16.5 Å². The van der Waals surface area contributed by atoms with Crippen LogP contribution >= 0.6 is 0 Å². The lowest BCUT2D eigenvalue weighted by Crippen LogP contribution is -2.53. The van der Waals surface area contributed by atoms with E-state index in [4.69, 9.17) is 4.74 Å². The molecular weight excluding hydrogens is 560 g/mol. The van der Waals surface area contributed by atoms with Gasteiger partial charge in [0.25, 0.3) is 5.56 Å². The Bertz CT molecular complexity index is 1700. The van der Waals surface area contributed by atoms with Gasteiger partial charge in [0.15, 0.2) is 17.2 Å². The molecule has 0 radical (unpaired) electrons. The number of benzene rings is 2. The van der Waals surface area contributed by atoms with Crippen LogP contribution in [0.2, 0.25) is 0 Å². The van der Waals surface area contributed by atoms with Crippen molar-refractivity contribution in [2.75, 3.05) is 0 Å². The van der Waals surface area contributed by atoms with Crippen molar-refractivity contribution in [3.8, 4) is 0 Å². The Kier molecular flexibility index (Phi) is 6.91. The summed E-state index contributed by atoms with van der Waals surface area (Å²) < 4.78 is 7.38. The summed E-state index contributed by atoms with van der Waals surface area (Å²) in [6.45, 7) is 3.74. The van der Waals surface area contributed by atoms with Crippen molar-refractivity contribution in [3.05, 3.63) is 103 Å². The third-order valence-corrected chi connectivity index (χ3v) is 10.7. The first kappa shape index (κ1) is 29.1. The zero-order valence-electron chi connectivity index (χ0n) is 25.0. The van der Waals surface area contributed by atoms with Gasteiger partial charge in [-0.3, -0.25) is 23.9 Å². The Labute approximate surface area is 254 Å². The van der Waals surface area contributed by atoms with Crippen molar-refractivity contribution in [1.29, 1.82) is 0 Å². The Hall–Kier alpha value is -3.66. The zero-order chi connectivity index (χ0) is 31.0. The number of aromatic nitrogens is 2. The molecule has 9 heteroatoms. The predicted octanol–water partition coefficient (Wildman–Crippen LogP) is 3.77. The maximum atomic E-state index is 13.9. The van der Waals surface area contributed by atoms with Gasteiger partial charge in [0.05, 0.1) is 0 Å². The molecule has 4 bridgehead atoms. The van der Waals surface area contributed by atoms with Gasteiger partial charge < -0.3 is 14.9 Å². The highest BCUT2D eigenvalue weighted by Crippen LogP contribution is 2.60. The van der Waals surface area contributed by atoms with Crippen molar-refractivity contribution in [2.45, 2.75) is 88.2 Å². The van der Waals surface area contributed by atoms with Crippen molar-refractivity contribution in [3.63, 3.8) is 0 Å². The van der Waals surface area contributed by atoms with Crippen molar-refractivity contribution in [1.82, 2.24) is 9.55 Å². The summed E-state index contributed by atoms with van der Waals surface area (Å²) in [5.41, 5.74) is -1.06. The Morgan fingerprint density at radius 2 is 1.39 bits per heavy atom. The van der Waals surface area contributed by atoms with Crippen LogP contribution < -0.4 is 11.2 Å². The first-order valence-corrected chi connectivity index (χ1v) is 15.6. The van der Waals surface area contributed by atoms with E-state index in [0.29, 0.717) is 23.3 Å². The van der Waals surface area contributed by atoms with Crippen molar-refractivity contribution >= 4 is 11.6 Å². The summed E-state index contributed by atoms with van der Waals surface area (Å²) >= 11 is 0. The number of aliphatic hydroxyl groups is 2. The molecule has 1 unspecified atom stereocenters. The third-order valence-electron chi connectivity index (χ3n) is 10.7. The molecule has 1 saturated heterocycles. The highest BCUT2D eigenvalue weighted by molar-refractivity contribution is 6.05. The van der Waals surface area contributed by atoms with Crippen LogP contribution in [0, 0.1) is 31.6 Å². The van der Waals surface area contributed by atoms with Crippen LogP contribution in [-0.2, 0) is 10.2 Å². The van der Waals surface area contributed by atoms with Gasteiger partial charge >= 0.3 is 5.69 Å². The summed E-state index contributed by atoms with van der Waals surface area (Å²) in [4.78, 5) is 56.4. The molecule has 4 saturated carbocycles. The van der Waals surface area contributed by atoms with Crippen LogP contribution in [0.5, 0.6) is 0 Å². The molecule has 5 fully saturated rings. The zero-order valence-corrected chi connectivity index (χ0v) is 25.0. The molecule has 9 nitrogen and oxygen atoms in total. The molecule has 2 aromatic carbocycles. The molecule has 4 aliphatic carbocycles. The van der Waals surface area contributed by atoms with Gasteiger partial charge in [0.1, 0.15) is 18.4 Å². The number of Topliss-reactive ketones (excluding diaryl/α,β-unsaturated/α-hetero) is 2. The number of H-pyrrole nitrogens is 1. The number of nitrogens with zero attached hydrogens (tertiary/aromatic N) is 1. The number of aliphatic hydroxyl groups excluding tert-OH is 1. The Morgan fingerprint density at radius 1 is 0.864 bits per heavy atom. The number of ether oxygens (including phenoxy) is 1. The van der Waals surface area contributed by atoms with Crippen LogP contribution in [0.15, 0.2) is 64.3 Å². The minimum Gasteiger partial charge on any atom is -0.382 e. The number of hydrogen-bond donors (Lipinski definition) is 3. The molecule has 2 heterocycles. The average Bonchev–Trinajstić information content (AvgIpc) is 3.34. The number of hydrogen-bond acceptors (Lipinski definition) is 7. The molecule has 3 N–H and O–H groups in total. The van der Waals surface area contributed by atoms with E-state index < -0.39 is 53.3 Å². The molecule has 1 aliphatic heterocycles. The second kappa shape index (κ2) is 10.5. The molecule has 0 spiro atoms. The van der Waals surface area contributed by atoms with E-state index in [9.17, 15) is 29.4 Å². The van der Waals surface area contributed by atoms with Crippen molar-refractivity contribution in [2.24, 2.45) is 17.8 Å². The molecule has 1 aromatic heterocycles. The number of aromatic amines is 1. The molecular formula is C35H38N2O7. The fraction of sp³-hybridized carbons (Fsp3) is 0.486. The van der Waals surface area contributed by atoms with E-state index in [1.807, 2.05) is 13.8 Å². The SMILES string of the molecule is Cc1ccc(C(=O)C(O)[C@H]2O[C@@H](n3cc(C45CC6CC(CC(C6)C4)C5)c(=O)[nH]c3=O)C[C@@]2(O)C(=O)c2ccc(C)cc2)cc1. The number of rotatable bonds is 7. The van der Waals surface area contributed by atoms with Gasteiger partial charge in [0, 0.05) is 34.7 Å². The largest absolute Gasteiger partial charge is 0.382 e. The molecule has 44 heavy (non-hydrogen) atoms. The van der Waals surface area contributed by atoms with Crippen LogP contribution in [0.3, 0.4) is 0 Å². The third kappa shape index (κ3) is 4.73. The van der Waals surface area contributed by atoms with Crippen LogP contribution in [0.1, 0.15) is 88.6 Å². The monoisotopic (exact) mass is 598 g/mol. The van der Waals surface area contributed by atoms with E-state index in [0.717, 1.165) is 30.4 Å². The first-order valence-electron chi connectivity index (χ1n) is 15.6. The lowest BCUT2D eigenvalue weighted by atomic mass is 9.48. The predicted molar refractivity (Wildman–Crippen MR) is 162 cm³/mol. The fourth-order valence-electron chi connectivity index (χ4n) is 8.93. The number of carbonyl (C=O) groups is 2. The minimum atomic E-state index is -2.34. The van der Waals surface area contributed by atoms with E-state index in [1.165, 1.54) is 23.8 Å². The summed E-state index contributed by atoms with van der Waals surface area (Å²) in [5.74, 6) is 0.253. The van der Waals surface area contributed by atoms with Crippen LogP contribution in [0.4, 0.5) is 0 Å². The van der Waals surface area contributed by atoms with Crippen molar-refractivity contribution < 1.29 is 24.5 Å². The van der Waals surface area contributed by atoms with Gasteiger partial charge in [-0.1, -0.05) is 59.7 Å². The number of carbonyl (C=O) groups excluding carboxylic acids is 2. The molecule has 0 amide bonds. The second-order valence-electron chi connectivity index (χ2n) is 13.9. The Balaban J connectivity index is 1.27. The summed E-state index contributed by atoms with van der Waals surface area (Å²) in [5, 5.41) is 23.4. The van der Waals surface area contributed by atoms with Crippen LogP contribution in [-0.4, -0.2) is 49.1 Å². The Morgan fingerprint density at radius 3 is 1.93 bits per heavy atom.